The predicted molar refractivity (Wildman–Crippen MR) is 98.3 cm³/mol. The van der Waals surface area contributed by atoms with Crippen LogP contribution in [0, 0.1) is 19.7 Å². The molecule has 0 saturated carbocycles. The summed E-state index contributed by atoms with van der Waals surface area (Å²) in [5.41, 5.74) is 2.59. The van der Waals surface area contributed by atoms with Crippen LogP contribution in [0.25, 0.3) is 5.69 Å². The predicted octanol–water partition coefficient (Wildman–Crippen LogP) is 3.56. The first-order valence-corrected chi connectivity index (χ1v) is 8.76. The topological polar surface area (TPSA) is 69.3 Å². The van der Waals surface area contributed by atoms with Gasteiger partial charge in [-0.2, -0.15) is 5.10 Å². The molecule has 2 heterocycles. The van der Waals surface area contributed by atoms with E-state index in [1.807, 2.05) is 19.1 Å². The van der Waals surface area contributed by atoms with Gasteiger partial charge in [0.05, 0.1) is 28.9 Å². The number of nitrogens with one attached hydrogen (secondary N) is 1. The van der Waals surface area contributed by atoms with Gasteiger partial charge in [-0.15, -0.1) is 0 Å². The van der Waals surface area contributed by atoms with Crippen molar-refractivity contribution in [1.29, 1.82) is 0 Å². The molecule has 0 aliphatic carbocycles. The van der Waals surface area contributed by atoms with Crippen molar-refractivity contribution in [3.05, 3.63) is 71.2 Å². The third kappa shape index (κ3) is 4.62. The number of aromatic nitrogens is 2. The maximum Gasteiger partial charge on any atom is 0.255 e. The van der Waals surface area contributed by atoms with E-state index in [2.05, 4.69) is 10.4 Å². The molecule has 7 heteroatoms. The fourth-order valence-electron chi connectivity index (χ4n) is 2.84. The molecule has 6 nitrogen and oxygen atoms in total. The summed E-state index contributed by atoms with van der Waals surface area (Å²) in [6.45, 7) is 5.05. The molecule has 1 amide bonds. The van der Waals surface area contributed by atoms with Crippen LogP contribution in [0.3, 0.4) is 0 Å². The summed E-state index contributed by atoms with van der Waals surface area (Å²) < 4.78 is 25.4. The largest absolute Gasteiger partial charge is 0.467 e. The molecule has 0 aliphatic heterocycles. The van der Waals surface area contributed by atoms with Crippen molar-refractivity contribution in [2.75, 3.05) is 13.2 Å². The number of amides is 1. The number of ether oxygens (including phenoxy) is 1. The van der Waals surface area contributed by atoms with Crippen LogP contribution >= 0.6 is 0 Å². The lowest BCUT2D eigenvalue weighted by Gasteiger charge is -2.07. The van der Waals surface area contributed by atoms with Crippen LogP contribution in [-0.2, 0) is 11.3 Å². The van der Waals surface area contributed by atoms with Crippen LogP contribution in [0.1, 0.15) is 33.9 Å². The molecule has 27 heavy (non-hydrogen) atoms. The monoisotopic (exact) mass is 371 g/mol. The standard InChI is InChI=1S/C20H22FN3O3/c1-14-19(15(2)24(23-14)17-8-6-16(21)7-9-17)20(25)22-10-4-11-26-13-18-5-3-12-27-18/h3,5-9,12H,4,10-11,13H2,1-2H3,(H,22,25). The van der Waals surface area contributed by atoms with Gasteiger partial charge in [0.1, 0.15) is 18.2 Å². The Morgan fingerprint density at radius 1 is 1.26 bits per heavy atom. The number of nitrogens with zero attached hydrogens (tertiary/aromatic N) is 2. The van der Waals surface area contributed by atoms with Crippen LogP contribution in [0.5, 0.6) is 0 Å². The molecule has 0 saturated heterocycles. The van der Waals surface area contributed by atoms with Gasteiger partial charge in [-0.25, -0.2) is 9.07 Å². The van der Waals surface area contributed by atoms with Crippen molar-refractivity contribution < 1.29 is 18.3 Å². The molecular formula is C20H22FN3O3. The van der Waals surface area contributed by atoms with E-state index in [0.717, 1.165) is 5.76 Å². The molecule has 142 valence electrons. The maximum atomic E-state index is 13.1. The number of hydrogen-bond acceptors (Lipinski definition) is 4. The van der Waals surface area contributed by atoms with E-state index in [1.54, 1.807) is 30.0 Å². The Morgan fingerprint density at radius 2 is 2.04 bits per heavy atom. The van der Waals surface area contributed by atoms with E-state index in [0.29, 0.717) is 48.8 Å². The third-order valence-corrected chi connectivity index (χ3v) is 4.17. The lowest BCUT2D eigenvalue weighted by Crippen LogP contribution is -2.26. The molecule has 2 aromatic heterocycles. The molecule has 0 aliphatic rings. The lowest BCUT2D eigenvalue weighted by molar-refractivity contribution is 0.0916. The van der Waals surface area contributed by atoms with Gasteiger partial charge in [0.2, 0.25) is 0 Å². The lowest BCUT2D eigenvalue weighted by atomic mass is 10.2. The van der Waals surface area contributed by atoms with Gasteiger partial charge in [-0.3, -0.25) is 4.79 Å². The Bertz CT molecular complexity index is 886. The Balaban J connectivity index is 1.53. The SMILES string of the molecule is Cc1nn(-c2ccc(F)cc2)c(C)c1C(=O)NCCCOCc1ccco1. The third-order valence-electron chi connectivity index (χ3n) is 4.17. The van der Waals surface area contributed by atoms with Crippen molar-refractivity contribution in [3.63, 3.8) is 0 Å². The van der Waals surface area contributed by atoms with Gasteiger partial charge >= 0.3 is 0 Å². The van der Waals surface area contributed by atoms with Gasteiger partial charge in [-0.05, 0) is 56.7 Å². The van der Waals surface area contributed by atoms with Gasteiger partial charge in [0, 0.05) is 13.2 Å². The highest BCUT2D eigenvalue weighted by Crippen LogP contribution is 2.18. The number of carbonyl (C=O) groups excluding carboxylic acids is 1. The Morgan fingerprint density at radius 3 is 2.74 bits per heavy atom. The van der Waals surface area contributed by atoms with Crippen molar-refractivity contribution in [2.24, 2.45) is 0 Å². The highest BCUT2D eigenvalue weighted by Gasteiger charge is 2.19. The smallest absolute Gasteiger partial charge is 0.255 e. The zero-order chi connectivity index (χ0) is 19.2. The van der Waals surface area contributed by atoms with Gasteiger partial charge in [-0.1, -0.05) is 0 Å². The molecule has 0 fully saturated rings. The number of benzene rings is 1. The van der Waals surface area contributed by atoms with Crippen LogP contribution in [0.4, 0.5) is 4.39 Å². The number of aryl methyl sites for hydroxylation is 1. The van der Waals surface area contributed by atoms with Gasteiger partial charge in [0.15, 0.2) is 0 Å². The van der Waals surface area contributed by atoms with Crippen LogP contribution in [-0.4, -0.2) is 28.8 Å². The Labute approximate surface area is 156 Å². The van der Waals surface area contributed by atoms with Gasteiger partial charge in [0.25, 0.3) is 5.91 Å². The molecule has 3 rings (SSSR count). The number of carbonyl (C=O) groups is 1. The second kappa shape index (κ2) is 8.64. The average molecular weight is 371 g/mol. The molecule has 0 atom stereocenters. The summed E-state index contributed by atoms with van der Waals surface area (Å²) in [5.74, 6) is 0.287. The molecule has 0 unspecified atom stereocenters. The average Bonchev–Trinajstić information content (AvgIpc) is 3.26. The van der Waals surface area contributed by atoms with Crippen LogP contribution in [0.2, 0.25) is 0 Å². The van der Waals surface area contributed by atoms with Crippen LogP contribution in [0.15, 0.2) is 47.1 Å². The highest BCUT2D eigenvalue weighted by atomic mass is 19.1. The number of halogens is 1. The van der Waals surface area contributed by atoms with E-state index < -0.39 is 0 Å². The summed E-state index contributed by atoms with van der Waals surface area (Å²) in [6.07, 6.45) is 2.30. The normalized spacial score (nSPS) is 10.9. The van der Waals surface area contributed by atoms with Crippen molar-refractivity contribution >= 4 is 5.91 Å². The van der Waals surface area contributed by atoms with Crippen molar-refractivity contribution in [2.45, 2.75) is 26.9 Å². The zero-order valence-electron chi connectivity index (χ0n) is 15.4. The second-order valence-corrected chi connectivity index (χ2v) is 6.18. The van der Waals surface area contributed by atoms with E-state index in [9.17, 15) is 9.18 Å². The molecular weight excluding hydrogens is 349 g/mol. The first-order chi connectivity index (χ1) is 13.1. The van der Waals surface area contributed by atoms with Gasteiger partial charge < -0.3 is 14.5 Å². The zero-order valence-corrected chi connectivity index (χ0v) is 15.4. The first kappa shape index (κ1) is 18.8. The first-order valence-electron chi connectivity index (χ1n) is 8.76. The van der Waals surface area contributed by atoms with Crippen molar-refractivity contribution in [1.82, 2.24) is 15.1 Å². The molecule has 3 aromatic rings. The second-order valence-electron chi connectivity index (χ2n) is 6.18. The summed E-state index contributed by atoms with van der Waals surface area (Å²) in [7, 11) is 0. The van der Waals surface area contributed by atoms with E-state index >= 15 is 0 Å². The maximum absolute atomic E-state index is 13.1. The highest BCUT2D eigenvalue weighted by molar-refractivity contribution is 5.96. The molecule has 0 radical (unpaired) electrons. The summed E-state index contributed by atoms with van der Waals surface area (Å²) in [5, 5.41) is 7.31. The molecule has 0 spiro atoms. The Hall–Kier alpha value is -2.93. The Kier molecular flexibility index (Phi) is 6.03. The molecule has 1 N–H and O–H groups in total. The minimum absolute atomic E-state index is 0.176. The summed E-state index contributed by atoms with van der Waals surface area (Å²) >= 11 is 0. The van der Waals surface area contributed by atoms with E-state index in [-0.39, 0.29) is 11.7 Å². The van der Waals surface area contributed by atoms with E-state index in [1.165, 1.54) is 12.1 Å². The summed E-state index contributed by atoms with van der Waals surface area (Å²) in [6, 6.07) is 9.67. The quantitative estimate of drug-likeness (QED) is 0.615. The molecule has 1 aromatic carbocycles. The molecule has 0 bridgehead atoms. The minimum Gasteiger partial charge on any atom is -0.467 e. The summed E-state index contributed by atoms with van der Waals surface area (Å²) in [4.78, 5) is 12.5. The van der Waals surface area contributed by atoms with E-state index in [4.69, 9.17) is 9.15 Å². The number of rotatable bonds is 8. The number of hydrogen-bond donors (Lipinski definition) is 1. The fourth-order valence-corrected chi connectivity index (χ4v) is 2.84. The fraction of sp³-hybridized carbons (Fsp3) is 0.300. The van der Waals surface area contributed by atoms with Crippen molar-refractivity contribution in [3.8, 4) is 5.69 Å². The minimum atomic E-state index is -0.312. The number of furan rings is 1. The van der Waals surface area contributed by atoms with Crippen LogP contribution < -0.4 is 5.32 Å².